The number of anilines is 1. The molecule has 2 amide bonds. The van der Waals surface area contributed by atoms with E-state index in [0.717, 1.165) is 0 Å². The van der Waals surface area contributed by atoms with Gasteiger partial charge >= 0.3 is 5.97 Å². The fraction of sp³-hybridized carbons (Fsp3) is 0.444. The van der Waals surface area contributed by atoms with E-state index in [-0.39, 0.29) is 53.9 Å². The largest absolute Gasteiger partial charge is 0.478 e. The zero-order valence-electron chi connectivity index (χ0n) is 32.9. The molecule has 0 aliphatic carbocycles. The monoisotopic (exact) mass is 919 g/mol. The highest BCUT2D eigenvalue weighted by atomic mass is 32.2. The molecule has 0 radical (unpaired) electrons. The van der Waals surface area contributed by atoms with Gasteiger partial charge in [0.05, 0.1) is 39.6 Å². The Morgan fingerprint density at radius 3 is 1.82 bits per heavy atom. The Labute approximate surface area is 348 Å². The number of nitrogens with one attached hydrogen (secondary N) is 2. The topological polar surface area (TPSA) is 319 Å². The van der Waals surface area contributed by atoms with E-state index in [2.05, 4.69) is 10.6 Å². The Balaban J connectivity index is 1.92. The van der Waals surface area contributed by atoms with Crippen LogP contribution in [0.1, 0.15) is 82.7 Å². The molecule has 0 spiro atoms. The second kappa shape index (κ2) is 17.8. The van der Waals surface area contributed by atoms with Crippen LogP contribution in [-0.2, 0) is 51.3 Å². The van der Waals surface area contributed by atoms with E-state index in [1.165, 1.54) is 18.2 Å². The van der Waals surface area contributed by atoms with Crippen LogP contribution in [0, 0.1) is 0 Å². The number of fused-ring (bicyclic) bond motifs is 2. The van der Waals surface area contributed by atoms with Gasteiger partial charge in [-0.05, 0) is 44.5 Å². The molecule has 7 N–H and O–H groups in total. The Morgan fingerprint density at radius 2 is 1.27 bits per heavy atom. The summed E-state index contributed by atoms with van der Waals surface area (Å²) in [7, 11) is -17.8. The molecule has 2 aromatic rings. The summed E-state index contributed by atoms with van der Waals surface area (Å²) in [6, 6.07) is 7.22. The lowest BCUT2D eigenvalue weighted by Gasteiger charge is -2.27. The van der Waals surface area contributed by atoms with Crippen molar-refractivity contribution in [1.82, 2.24) is 10.6 Å². The van der Waals surface area contributed by atoms with Gasteiger partial charge in [-0.15, -0.1) is 0 Å². The van der Waals surface area contributed by atoms with Crippen LogP contribution in [0.2, 0.25) is 0 Å². The van der Waals surface area contributed by atoms with Crippen LogP contribution < -0.4 is 15.5 Å². The standard InChI is InChI=1S/C36H46N4O16S4/c1-35(2)28(39(15-7-17-57(45,46)47)26-10-5-9-24(30(26)35)34(43)44)11-6-12-29-36(3,4)31-25(33(42)38-14-20-60(54,55)56)21-23(32(41)37-13-19-59(51,52)53)22-27(31)40(29)16-8-18-58(48,49)50/h5-6,9-12,21-22H,7-8,13-20H2,1-4H3,(H6-,37,38,41,42,43,44,45,46,47,48,49,50,51,52,53,54,55,56)/p+1. The maximum absolute atomic E-state index is 13.8. The number of hydrogen-bond donors (Lipinski definition) is 7. The van der Waals surface area contributed by atoms with Crippen LogP contribution in [0.15, 0.2) is 54.3 Å². The van der Waals surface area contributed by atoms with E-state index in [4.69, 9.17) is 4.55 Å². The van der Waals surface area contributed by atoms with Crippen molar-refractivity contribution in [3.05, 3.63) is 82.1 Å². The SMILES string of the molecule is CC1(C)C(/C=C/C=C2/N(CCCS(=O)(=O)O)c3cc(C(=O)NCCS(=O)(=O)O)cc(C(=O)NCCS(=O)(=O)O)c3C2(C)C)=[N+](CCCS(=O)(=O)O)c2cccc(C(=O)O)c21. The molecule has 0 saturated carbocycles. The molecule has 0 saturated heterocycles. The molecule has 0 bridgehead atoms. The minimum atomic E-state index is -4.50. The zero-order chi connectivity index (χ0) is 45.2. The van der Waals surface area contributed by atoms with Gasteiger partial charge in [-0.3, -0.25) is 27.8 Å². The molecule has 0 unspecified atom stereocenters. The molecular formula is C36H47N4O16S4+. The highest BCUT2D eigenvalue weighted by Crippen LogP contribution is 2.50. The predicted molar refractivity (Wildman–Crippen MR) is 220 cm³/mol. The molecule has 0 atom stereocenters. The number of amides is 2. The van der Waals surface area contributed by atoms with Gasteiger partial charge in [0.2, 0.25) is 5.69 Å². The van der Waals surface area contributed by atoms with Crippen LogP contribution in [0.5, 0.6) is 0 Å². The fourth-order valence-electron chi connectivity index (χ4n) is 7.50. The van der Waals surface area contributed by atoms with Crippen molar-refractivity contribution < 1.29 is 75.9 Å². The Bertz CT molecular complexity index is 2630. The highest BCUT2D eigenvalue weighted by molar-refractivity contribution is 7.86. The number of benzene rings is 2. The second-order valence-electron chi connectivity index (χ2n) is 15.1. The molecule has 2 heterocycles. The summed E-state index contributed by atoms with van der Waals surface area (Å²) in [5.41, 5.74) is -0.0891. The lowest BCUT2D eigenvalue weighted by Crippen LogP contribution is -2.32. The van der Waals surface area contributed by atoms with E-state index in [9.17, 15) is 66.8 Å². The van der Waals surface area contributed by atoms with Crippen LogP contribution in [0.3, 0.4) is 0 Å². The first-order valence-corrected chi connectivity index (χ1v) is 24.6. The molecule has 24 heteroatoms. The molecule has 0 aromatic heterocycles. The number of carbonyl (C=O) groups is 3. The van der Waals surface area contributed by atoms with Crippen molar-refractivity contribution >= 4 is 75.3 Å². The summed E-state index contributed by atoms with van der Waals surface area (Å²) in [6.07, 6.45) is 4.69. The summed E-state index contributed by atoms with van der Waals surface area (Å²) in [6.45, 7) is 5.84. The molecule has 20 nitrogen and oxygen atoms in total. The summed E-state index contributed by atoms with van der Waals surface area (Å²) >= 11 is 0. The normalized spacial score (nSPS) is 16.9. The van der Waals surface area contributed by atoms with E-state index in [1.807, 2.05) is 0 Å². The molecule has 60 heavy (non-hydrogen) atoms. The third-order valence-corrected chi connectivity index (χ3v) is 13.0. The second-order valence-corrected chi connectivity index (χ2v) is 21.4. The van der Waals surface area contributed by atoms with Crippen LogP contribution in [0.25, 0.3) is 0 Å². The van der Waals surface area contributed by atoms with Gasteiger partial charge in [-0.25, -0.2) is 4.79 Å². The fourth-order valence-corrected chi connectivity index (χ4v) is 9.21. The highest BCUT2D eigenvalue weighted by Gasteiger charge is 2.47. The summed E-state index contributed by atoms with van der Waals surface area (Å²) in [5.74, 6) is -5.89. The maximum Gasteiger partial charge on any atom is 0.336 e. The Kier molecular flexibility index (Phi) is 14.3. The van der Waals surface area contributed by atoms with Gasteiger partial charge in [-0.1, -0.05) is 26.0 Å². The van der Waals surface area contributed by atoms with E-state index in [0.29, 0.717) is 22.7 Å². The first-order chi connectivity index (χ1) is 27.4. The third kappa shape index (κ3) is 11.8. The summed E-state index contributed by atoms with van der Waals surface area (Å²) in [5, 5.41) is 14.8. The summed E-state index contributed by atoms with van der Waals surface area (Å²) in [4.78, 5) is 41.1. The average Bonchev–Trinajstić information content (AvgIpc) is 3.44. The van der Waals surface area contributed by atoms with Crippen LogP contribution >= 0.6 is 0 Å². The first kappa shape index (κ1) is 48.1. The number of carboxylic acid groups (broad SMARTS) is 1. The summed E-state index contributed by atoms with van der Waals surface area (Å²) < 4.78 is 131. The van der Waals surface area contributed by atoms with E-state index >= 15 is 0 Å². The Hall–Kier alpha value is -4.56. The average molecular weight is 920 g/mol. The lowest BCUT2D eigenvalue weighted by atomic mass is 9.78. The van der Waals surface area contributed by atoms with Crippen molar-refractivity contribution in [2.75, 3.05) is 54.1 Å². The van der Waals surface area contributed by atoms with E-state index < -0.39 is 105 Å². The maximum atomic E-state index is 13.8. The number of rotatable bonds is 19. The number of aromatic carboxylic acids is 1. The van der Waals surface area contributed by atoms with Crippen molar-refractivity contribution in [1.29, 1.82) is 0 Å². The number of nitrogens with zero attached hydrogens (tertiary/aromatic N) is 2. The van der Waals surface area contributed by atoms with Gasteiger partial charge < -0.3 is 20.6 Å². The van der Waals surface area contributed by atoms with Gasteiger partial charge in [-0.2, -0.15) is 38.2 Å². The lowest BCUT2D eigenvalue weighted by molar-refractivity contribution is -0.437. The minimum Gasteiger partial charge on any atom is -0.478 e. The van der Waals surface area contributed by atoms with Crippen LogP contribution in [0.4, 0.5) is 11.4 Å². The number of hydrogen-bond acceptors (Lipinski definition) is 12. The van der Waals surface area contributed by atoms with Gasteiger partial charge in [0.25, 0.3) is 52.3 Å². The zero-order valence-corrected chi connectivity index (χ0v) is 36.2. The molecule has 2 aliphatic rings. The van der Waals surface area contributed by atoms with Crippen LogP contribution in [-0.4, -0.2) is 134 Å². The van der Waals surface area contributed by atoms with Crippen molar-refractivity contribution in [2.24, 2.45) is 0 Å². The number of carbonyl (C=O) groups excluding carboxylic acids is 2. The quantitative estimate of drug-likeness (QED) is 0.0780. The van der Waals surface area contributed by atoms with E-state index in [1.54, 1.807) is 67.5 Å². The third-order valence-electron chi connectivity index (χ3n) is 9.96. The first-order valence-electron chi connectivity index (χ1n) is 18.2. The molecule has 0 fully saturated rings. The van der Waals surface area contributed by atoms with Crippen molar-refractivity contribution in [3.8, 4) is 0 Å². The number of carboxylic acids is 1. The smallest absolute Gasteiger partial charge is 0.336 e. The van der Waals surface area contributed by atoms with Gasteiger partial charge in [0.1, 0.15) is 6.54 Å². The molecule has 4 rings (SSSR count). The molecular weight excluding hydrogens is 873 g/mol. The van der Waals surface area contributed by atoms with Crippen molar-refractivity contribution in [2.45, 2.75) is 51.4 Å². The van der Waals surface area contributed by atoms with Gasteiger partial charge in [0, 0.05) is 71.7 Å². The number of allylic oxidation sites excluding steroid dienone is 4. The Morgan fingerprint density at radius 1 is 0.717 bits per heavy atom. The van der Waals surface area contributed by atoms with Gasteiger partial charge in [0.15, 0.2) is 5.71 Å². The molecule has 330 valence electrons. The predicted octanol–water partition coefficient (Wildman–Crippen LogP) is 1.79. The van der Waals surface area contributed by atoms with Crippen molar-refractivity contribution in [3.63, 3.8) is 0 Å². The molecule has 2 aromatic carbocycles. The minimum absolute atomic E-state index is 0.0108. The molecule has 2 aliphatic heterocycles.